The Bertz CT molecular complexity index is 1020. The zero-order chi connectivity index (χ0) is 19.7. The van der Waals surface area contributed by atoms with Crippen LogP contribution >= 0.6 is 0 Å². The number of hydrogen-bond acceptors (Lipinski definition) is 4. The van der Waals surface area contributed by atoms with Gasteiger partial charge in [0, 0.05) is 6.04 Å². The lowest BCUT2D eigenvalue weighted by Crippen LogP contribution is -2.29. The molecule has 142 valence electrons. The lowest BCUT2D eigenvalue weighted by Gasteiger charge is -2.18. The second-order valence-electron chi connectivity index (χ2n) is 5.77. The first kappa shape index (κ1) is 19.1. The van der Waals surface area contributed by atoms with Crippen LogP contribution in [0.15, 0.2) is 66.1 Å². The molecule has 2 aromatic carbocycles. The SMILES string of the molecule is C[C@H](NS(=O)(=O)c1ccccc1C(F)(F)F)c1ccc(-n2cncn2)cc1. The van der Waals surface area contributed by atoms with Gasteiger partial charge in [0.15, 0.2) is 0 Å². The minimum atomic E-state index is -4.77. The van der Waals surface area contributed by atoms with Gasteiger partial charge in [0.2, 0.25) is 10.0 Å². The van der Waals surface area contributed by atoms with Crippen molar-refractivity contribution in [3.8, 4) is 5.69 Å². The van der Waals surface area contributed by atoms with Gasteiger partial charge in [0.1, 0.15) is 12.7 Å². The fourth-order valence-corrected chi connectivity index (χ4v) is 4.02. The Labute approximate surface area is 153 Å². The summed E-state index contributed by atoms with van der Waals surface area (Å²) in [5.74, 6) is 0. The summed E-state index contributed by atoms with van der Waals surface area (Å²) in [5.41, 5.74) is 0.104. The van der Waals surface area contributed by atoms with E-state index in [2.05, 4.69) is 14.8 Å². The van der Waals surface area contributed by atoms with Gasteiger partial charge in [0.25, 0.3) is 0 Å². The van der Waals surface area contributed by atoms with E-state index in [1.54, 1.807) is 31.2 Å². The molecule has 0 fully saturated rings. The fraction of sp³-hybridized carbons (Fsp3) is 0.176. The second-order valence-corrected chi connectivity index (χ2v) is 7.45. The minimum absolute atomic E-state index is 0.590. The Morgan fingerprint density at radius 2 is 1.74 bits per heavy atom. The molecule has 1 atom stereocenters. The summed E-state index contributed by atoms with van der Waals surface area (Å²) in [7, 11) is -4.37. The van der Waals surface area contributed by atoms with Crippen LogP contribution in [-0.4, -0.2) is 23.2 Å². The number of benzene rings is 2. The predicted molar refractivity (Wildman–Crippen MR) is 91.5 cm³/mol. The number of nitrogens with one attached hydrogen (secondary N) is 1. The van der Waals surface area contributed by atoms with Crippen LogP contribution < -0.4 is 4.72 Å². The topological polar surface area (TPSA) is 76.9 Å². The summed E-state index contributed by atoms with van der Waals surface area (Å²) in [6.45, 7) is 1.55. The Hall–Kier alpha value is -2.72. The molecule has 6 nitrogen and oxygen atoms in total. The highest BCUT2D eigenvalue weighted by Crippen LogP contribution is 2.34. The Kier molecular flexibility index (Phi) is 5.03. The van der Waals surface area contributed by atoms with Crippen LogP contribution in [0.25, 0.3) is 5.69 Å². The molecule has 10 heteroatoms. The van der Waals surface area contributed by atoms with E-state index in [4.69, 9.17) is 0 Å². The van der Waals surface area contributed by atoms with Gasteiger partial charge in [-0.25, -0.2) is 22.8 Å². The maximum Gasteiger partial charge on any atom is 0.417 e. The van der Waals surface area contributed by atoms with Crippen LogP contribution in [0, 0.1) is 0 Å². The molecule has 0 unspecified atom stereocenters. The molecule has 0 aliphatic carbocycles. The molecule has 3 aromatic rings. The number of nitrogens with zero attached hydrogens (tertiary/aromatic N) is 3. The van der Waals surface area contributed by atoms with E-state index in [-0.39, 0.29) is 0 Å². The average molecular weight is 396 g/mol. The number of halogens is 3. The molecule has 0 saturated heterocycles. The van der Waals surface area contributed by atoms with Crippen molar-refractivity contribution in [1.82, 2.24) is 19.5 Å². The second kappa shape index (κ2) is 7.12. The summed E-state index contributed by atoms with van der Waals surface area (Å²) in [6.07, 6.45) is -1.88. The predicted octanol–water partition coefficient (Wildman–Crippen LogP) is 3.33. The van der Waals surface area contributed by atoms with Gasteiger partial charge in [-0.05, 0) is 36.8 Å². The van der Waals surface area contributed by atoms with Crippen LogP contribution in [0.1, 0.15) is 24.1 Å². The summed E-state index contributed by atoms with van der Waals surface area (Å²) in [4.78, 5) is 3.03. The van der Waals surface area contributed by atoms with E-state index in [9.17, 15) is 21.6 Å². The maximum atomic E-state index is 13.1. The van der Waals surface area contributed by atoms with E-state index in [0.29, 0.717) is 11.3 Å². The highest BCUT2D eigenvalue weighted by molar-refractivity contribution is 7.89. The third kappa shape index (κ3) is 4.17. The Morgan fingerprint density at radius 1 is 1.07 bits per heavy atom. The number of rotatable bonds is 5. The third-order valence-corrected chi connectivity index (χ3v) is 5.49. The molecule has 0 aliphatic rings. The van der Waals surface area contributed by atoms with Gasteiger partial charge < -0.3 is 0 Å². The molecule has 0 aliphatic heterocycles. The van der Waals surface area contributed by atoms with Gasteiger partial charge >= 0.3 is 6.18 Å². The molecule has 0 bridgehead atoms. The maximum absolute atomic E-state index is 13.1. The number of aromatic nitrogens is 3. The number of alkyl halides is 3. The molecule has 0 saturated carbocycles. The summed E-state index contributed by atoms with van der Waals surface area (Å²) in [6, 6.07) is 10.1. The minimum Gasteiger partial charge on any atom is -0.223 e. The van der Waals surface area contributed by atoms with E-state index in [0.717, 1.165) is 18.2 Å². The zero-order valence-corrected chi connectivity index (χ0v) is 14.9. The quantitative estimate of drug-likeness (QED) is 0.718. The monoisotopic (exact) mass is 396 g/mol. The van der Waals surface area contributed by atoms with Gasteiger partial charge in [0.05, 0.1) is 16.1 Å². The van der Waals surface area contributed by atoms with Crippen LogP contribution in [0.3, 0.4) is 0 Å². The molecule has 3 rings (SSSR count). The molecule has 27 heavy (non-hydrogen) atoms. The van der Waals surface area contributed by atoms with Gasteiger partial charge in [-0.1, -0.05) is 24.3 Å². The molecule has 0 spiro atoms. The van der Waals surface area contributed by atoms with Gasteiger partial charge in [-0.2, -0.15) is 18.3 Å². The number of sulfonamides is 1. The molecule has 0 amide bonds. The normalized spacial score (nSPS) is 13.5. The molecule has 1 aromatic heterocycles. The van der Waals surface area contributed by atoms with Gasteiger partial charge in [-0.15, -0.1) is 0 Å². The van der Waals surface area contributed by atoms with Crippen LogP contribution in [0.4, 0.5) is 13.2 Å². The van der Waals surface area contributed by atoms with Crippen molar-refractivity contribution in [3.63, 3.8) is 0 Å². The van der Waals surface area contributed by atoms with Crippen LogP contribution in [0.5, 0.6) is 0 Å². The molecule has 1 N–H and O–H groups in total. The smallest absolute Gasteiger partial charge is 0.223 e. The standard InChI is InChI=1S/C17H15F3N4O2S/c1-12(13-6-8-14(9-7-13)24-11-21-10-22-24)23-27(25,26)16-5-3-2-4-15(16)17(18,19)20/h2-12,23H,1H3/t12-/m0/s1. The molecule has 0 radical (unpaired) electrons. The van der Waals surface area contributed by atoms with Crippen LogP contribution in [0.2, 0.25) is 0 Å². The zero-order valence-electron chi connectivity index (χ0n) is 14.1. The largest absolute Gasteiger partial charge is 0.417 e. The van der Waals surface area contributed by atoms with E-state index in [1.165, 1.54) is 23.4 Å². The van der Waals surface area contributed by atoms with Gasteiger partial charge in [-0.3, -0.25) is 0 Å². The molecular weight excluding hydrogens is 381 g/mol. The summed E-state index contributed by atoms with van der Waals surface area (Å²) in [5, 5.41) is 3.98. The summed E-state index contributed by atoms with van der Waals surface area (Å²) >= 11 is 0. The highest BCUT2D eigenvalue weighted by atomic mass is 32.2. The third-order valence-electron chi connectivity index (χ3n) is 3.89. The van der Waals surface area contributed by atoms with Crippen molar-refractivity contribution < 1.29 is 21.6 Å². The first-order valence-corrected chi connectivity index (χ1v) is 9.30. The summed E-state index contributed by atoms with van der Waals surface area (Å²) < 4.78 is 68.2. The van der Waals surface area contributed by atoms with E-state index < -0.39 is 32.7 Å². The van der Waals surface area contributed by atoms with Crippen molar-refractivity contribution in [2.24, 2.45) is 0 Å². The first-order chi connectivity index (χ1) is 12.7. The van der Waals surface area contributed by atoms with E-state index in [1.807, 2.05) is 0 Å². The Morgan fingerprint density at radius 3 is 2.33 bits per heavy atom. The fourth-order valence-electron chi connectivity index (χ4n) is 2.56. The van der Waals surface area contributed by atoms with E-state index >= 15 is 0 Å². The van der Waals surface area contributed by atoms with Crippen molar-refractivity contribution in [3.05, 3.63) is 72.3 Å². The molecule has 1 heterocycles. The lowest BCUT2D eigenvalue weighted by molar-refractivity contribution is -0.139. The first-order valence-electron chi connectivity index (χ1n) is 7.82. The molecular formula is C17H15F3N4O2S. The van der Waals surface area contributed by atoms with Crippen LogP contribution in [-0.2, 0) is 16.2 Å². The van der Waals surface area contributed by atoms with Crippen molar-refractivity contribution in [1.29, 1.82) is 0 Å². The van der Waals surface area contributed by atoms with Crippen molar-refractivity contribution in [2.45, 2.75) is 24.0 Å². The Balaban J connectivity index is 1.84. The lowest BCUT2D eigenvalue weighted by atomic mass is 10.1. The average Bonchev–Trinajstić information content (AvgIpc) is 3.15. The number of hydrogen-bond donors (Lipinski definition) is 1. The highest BCUT2D eigenvalue weighted by Gasteiger charge is 2.37. The van der Waals surface area contributed by atoms with Crippen molar-refractivity contribution >= 4 is 10.0 Å². The van der Waals surface area contributed by atoms with Crippen molar-refractivity contribution in [2.75, 3.05) is 0 Å².